The van der Waals surface area contributed by atoms with E-state index in [1.54, 1.807) is 11.1 Å². The number of nitrogens with one attached hydrogen (secondary N) is 1. The number of cyclic esters (lactones) is 1. The Morgan fingerprint density at radius 3 is 3.00 bits per heavy atom. The monoisotopic (exact) mass is 370 g/mol. The smallest absolute Gasteiger partial charge is 0.414 e. The minimum atomic E-state index is -0.397. The van der Waals surface area contributed by atoms with Crippen molar-refractivity contribution in [2.45, 2.75) is 19.4 Å². The van der Waals surface area contributed by atoms with Crippen LogP contribution in [0.15, 0.2) is 24.4 Å². The highest BCUT2D eigenvalue weighted by Gasteiger charge is 2.53. The maximum Gasteiger partial charge on any atom is 0.414 e. The highest BCUT2D eigenvalue weighted by molar-refractivity contribution is 7.97. The largest absolute Gasteiger partial charge is 0.443 e. The fraction of sp³-hybridized carbons (Fsp3) is 0.444. The van der Waals surface area contributed by atoms with Gasteiger partial charge >= 0.3 is 6.09 Å². The van der Waals surface area contributed by atoms with E-state index in [2.05, 4.69) is 21.9 Å². The molecule has 1 saturated heterocycles. The van der Waals surface area contributed by atoms with Crippen LogP contribution in [-0.2, 0) is 9.53 Å². The third kappa shape index (κ3) is 3.15. The van der Waals surface area contributed by atoms with Crippen LogP contribution in [0.5, 0.6) is 0 Å². The van der Waals surface area contributed by atoms with Crippen LogP contribution in [0.4, 0.5) is 10.5 Å². The van der Waals surface area contributed by atoms with Crippen LogP contribution in [0.1, 0.15) is 19.0 Å². The molecule has 4 atom stereocenters. The Balaban J connectivity index is 1.37. The van der Waals surface area contributed by atoms with Gasteiger partial charge in [0, 0.05) is 6.92 Å². The van der Waals surface area contributed by atoms with Crippen LogP contribution in [0.2, 0.25) is 0 Å². The van der Waals surface area contributed by atoms with Crippen LogP contribution in [0, 0.1) is 29.1 Å². The number of nitriles is 1. The van der Waals surface area contributed by atoms with Crippen molar-refractivity contribution in [2.75, 3.05) is 17.2 Å². The minimum Gasteiger partial charge on any atom is -0.443 e. The average molecular weight is 370 g/mol. The predicted octanol–water partition coefficient (Wildman–Crippen LogP) is 2.36. The van der Waals surface area contributed by atoms with Gasteiger partial charge in [0.1, 0.15) is 6.10 Å². The van der Waals surface area contributed by atoms with E-state index in [1.807, 2.05) is 12.1 Å². The SMILES string of the molecule is CC(=O)NSC[C@@H]1CN(c2ccc(C3=CC4C(C#N)C4C3)nc2)C(=O)O1. The number of anilines is 1. The number of rotatable bonds is 5. The van der Waals surface area contributed by atoms with E-state index in [1.165, 1.54) is 24.4 Å². The highest BCUT2D eigenvalue weighted by atomic mass is 32.2. The average Bonchev–Trinajstić information content (AvgIpc) is 2.94. The minimum absolute atomic E-state index is 0.129. The first-order valence-electron chi connectivity index (χ1n) is 8.50. The number of aromatic nitrogens is 1. The summed E-state index contributed by atoms with van der Waals surface area (Å²) in [6, 6.07) is 6.13. The molecule has 1 aliphatic heterocycles. The van der Waals surface area contributed by atoms with E-state index in [0.717, 1.165) is 12.1 Å². The van der Waals surface area contributed by atoms with Crippen molar-refractivity contribution in [1.29, 1.82) is 5.26 Å². The second kappa shape index (κ2) is 6.65. The maximum absolute atomic E-state index is 12.1. The lowest BCUT2D eigenvalue weighted by Gasteiger charge is -2.13. The van der Waals surface area contributed by atoms with Crippen molar-refractivity contribution >= 4 is 35.2 Å². The zero-order chi connectivity index (χ0) is 18.3. The fourth-order valence-electron chi connectivity index (χ4n) is 3.61. The van der Waals surface area contributed by atoms with Crippen LogP contribution >= 0.6 is 11.9 Å². The molecule has 3 aliphatic rings. The molecule has 2 aliphatic carbocycles. The van der Waals surface area contributed by atoms with Crippen molar-refractivity contribution in [3.05, 3.63) is 30.1 Å². The van der Waals surface area contributed by atoms with Gasteiger partial charge in [-0.05, 0) is 47.9 Å². The van der Waals surface area contributed by atoms with Crippen molar-refractivity contribution in [3.8, 4) is 6.07 Å². The quantitative estimate of drug-likeness (QED) is 0.800. The summed E-state index contributed by atoms with van der Waals surface area (Å²) < 4.78 is 7.95. The lowest BCUT2D eigenvalue weighted by Crippen LogP contribution is -2.25. The normalized spacial score (nSPS) is 28.8. The molecule has 0 radical (unpaired) electrons. The second-order valence-corrected chi connectivity index (χ2v) is 7.61. The Labute approximate surface area is 155 Å². The third-order valence-corrected chi connectivity index (χ3v) is 5.95. The van der Waals surface area contributed by atoms with Crippen molar-refractivity contribution in [3.63, 3.8) is 0 Å². The van der Waals surface area contributed by atoms with Gasteiger partial charge in [0.05, 0.1) is 41.9 Å². The van der Waals surface area contributed by atoms with E-state index in [-0.39, 0.29) is 17.9 Å². The van der Waals surface area contributed by atoms with E-state index in [9.17, 15) is 9.59 Å². The molecule has 8 heteroatoms. The van der Waals surface area contributed by atoms with Crippen molar-refractivity contribution in [1.82, 2.24) is 9.71 Å². The molecule has 1 saturated carbocycles. The number of ether oxygens (including phenoxy) is 1. The molecule has 0 aromatic carbocycles. The molecule has 0 spiro atoms. The van der Waals surface area contributed by atoms with E-state index >= 15 is 0 Å². The Hall–Kier alpha value is -2.53. The molecular formula is C18H18N4O3S. The number of hydrogen-bond donors (Lipinski definition) is 1. The Morgan fingerprint density at radius 2 is 2.38 bits per heavy atom. The molecule has 2 fully saturated rings. The summed E-state index contributed by atoms with van der Waals surface area (Å²) in [5, 5.41) is 8.99. The van der Waals surface area contributed by atoms with Gasteiger partial charge in [-0.3, -0.25) is 14.7 Å². The van der Waals surface area contributed by atoms with Gasteiger partial charge < -0.3 is 9.46 Å². The molecule has 0 bridgehead atoms. The number of nitrogens with zero attached hydrogens (tertiary/aromatic N) is 3. The molecule has 1 aromatic rings. The summed E-state index contributed by atoms with van der Waals surface area (Å²) in [6.07, 6.45) is 4.09. The first-order valence-corrected chi connectivity index (χ1v) is 9.48. The van der Waals surface area contributed by atoms with Crippen molar-refractivity contribution < 1.29 is 14.3 Å². The van der Waals surface area contributed by atoms with Gasteiger partial charge in [0.25, 0.3) is 0 Å². The summed E-state index contributed by atoms with van der Waals surface area (Å²) in [7, 11) is 0. The van der Waals surface area contributed by atoms with Gasteiger partial charge in [-0.25, -0.2) is 4.79 Å². The number of hydrogen-bond acceptors (Lipinski definition) is 6. The zero-order valence-corrected chi connectivity index (χ0v) is 15.0. The summed E-state index contributed by atoms with van der Waals surface area (Å²) in [4.78, 5) is 29.0. The molecular weight excluding hydrogens is 352 g/mol. The Bertz CT molecular complexity index is 817. The van der Waals surface area contributed by atoms with Crippen LogP contribution in [0.3, 0.4) is 0 Å². The zero-order valence-electron chi connectivity index (χ0n) is 14.2. The molecule has 2 amide bonds. The van der Waals surface area contributed by atoms with Crippen molar-refractivity contribution in [2.24, 2.45) is 17.8 Å². The van der Waals surface area contributed by atoms with Gasteiger partial charge in [-0.2, -0.15) is 5.26 Å². The highest BCUT2D eigenvalue weighted by Crippen LogP contribution is 2.57. The number of fused-ring (bicyclic) bond motifs is 1. The second-order valence-electron chi connectivity index (χ2n) is 6.78. The van der Waals surface area contributed by atoms with E-state index in [4.69, 9.17) is 10.00 Å². The molecule has 1 N–H and O–H groups in total. The number of carbonyl (C=O) groups is 2. The standard InChI is InChI=1S/C18H18N4O3S/c1-10(23)21-26-9-13-8-22(18(24)25-13)12-2-3-17(20-7-12)11-4-14-15(5-11)16(14)6-19/h2-4,7,13-16H,5,8-9H2,1H3,(H,21,23)/t13-,14?,15?,16?/m0/s1. The van der Waals surface area contributed by atoms with Crippen LogP contribution < -0.4 is 9.62 Å². The number of amides is 2. The van der Waals surface area contributed by atoms with Gasteiger partial charge in [0.2, 0.25) is 5.91 Å². The van der Waals surface area contributed by atoms with Gasteiger partial charge in [0.15, 0.2) is 0 Å². The first-order chi connectivity index (χ1) is 12.6. The summed E-state index contributed by atoms with van der Waals surface area (Å²) in [6.45, 7) is 1.88. The molecule has 7 nitrogen and oxygen atoms in total. The number of pyridine rings is 1. The Kier molecular flexibility index (Phi) is 4.32. The topological polar surface area (TPSA) is 95.3 Å². The van der Waals surface area contributed by atoms with Crippen LogP contribution in [0.25, 0.3) is 5.57 Å². The summed E-state index contributed by atoms with van der Waals surface area (Å²) >= 11 is 1.23. The fourth-order valence-corrected chi connectivity index (χ4v) is 4.25. The summed E-state index contributed by atoms with van der Waals surface area (Å²) in [5.41, 5.74) is 2.79. The van der Waals surface area contributed by atoms with Gasteiger partial charge in [-0.15, -0.1) is 0 Å². The summed E-state index contributed by atoms with van der Waals surface area (Å²) in [5.74, 6) is 1.42. The molecule has 2 heterocycles. The molecule has 26 heavy (non-hydrogen) atoms. The van der Waals surface area contributed by atoms with Crippen LogP contribution in [-0.4, -0.2) is 35.4 Å². The first kappa shape index (κ1) is 16.9. The van der Waals surface area contributed by atoms with E-state index in [0.29, 0.717) is 29.8 Å². The molecule has 134 valence electrons. The number of allylic oxidation sites excluding steroid dienone is 2. The number of carbonyl (C=O) groups excluding carboxylic acids is 2. The molecule has 1 aromatic heterocycles. The third-order valence-electron chi connectivity index (χ3n) is 4.98. The maximum atomic E-state index is 12.1. The molecule has 4 rings (SSSR count). The predicted molar refractivity (Wildman–Crippen MR) is 96.8 cm³/mol. The lowest BCUT2D eigenvalue weighted by atomic mass is 10.1. The Morgan fingerprint density at radius 1 is 1.54 bits per heavy atom. The van der Waals surface area contributed by atoms with Gasteiger partial charge in [-0.1, -0.05) is 6.08 Å². The molecule has 3 unspecified atom stereocenters. The van der Waals surface area contributed by atoms with E-state index < -0.39 is 6.09 Å². The lowest BCUT2D eigenvalue weighted by molar-refractivity contribution is -0.117.